The molecule has 3 heterocycles. The van der Waals surface area contributed by atoms with Crippen LogP contribution in [0.15, 0.2) is 53.5 Å². The molecule has 1 amide bonds. The Morgan fingerprint density at radius 1 is 1.12 bits per heavy atom. The Hall–Kier alpha value is -4.08. The van der Waals surface area contributed by atoms with Gasteiger partial charge in [0.15, 0.2) is 5.65 Å². The van der Waals surface area contributed by atoms with Crippen molar-refractivity contribution in [3.8, 4) is 17.0 Å². The molecule has 4 aromatic rings. The summed E-state index contributed by atoms with van der Waals surface area (Å²) in [5, 5.41) is 3.93. The van der Waals surface area contributed by atoms with Gasteiger partial charge in [0.05, 0.1) is 19.0 Å². The van der Waals surface area contributed by atoms with Gasteiger partial charge in [-0.25, -0.2) is 23.0 Å². The van der Waals surface area contributed by atoms with Gasteiger partial charge in [-0.3, -0.25) is 15.0 Å². The highest BCUT2D eigenvalue weighted by Gasteiger charge is 2.22. The quantitative estimate of drug-likeness (QED) is 0.514. The minimum Gasteiger partial charge on any atom is -0.497 e. The zero-order valence-electron chi connectivity index (χ0n) is 17.5. The molecule has 3 aromatic heterocycles. The van der Waals surface area contributed by atoms with E-state index in [0.717, 1.165) is 21.0 Å². The minimum absolute atomic E-state index is 0.0471. The Balaban J connectivity index is 1.81. The predicted octanol–water partition coefficient (Wildman–Crippen LogP) is 3.50. The van der Waals surface area contributed by atoms with Crippen molar-refractivity contribution in [3.05, 3.63) is 81.5 Å². The Bertz CT molecular complexity index is 1380. The van der Waals surface area contributed by atoms with Crippen molar-refractivity contribution in [2.45, 2.75) is 20.3 Å². The fourth-order valence-corrected chi connectivity index (χ4v) is 3.39. The Labute approximate surface area is 181 Å². The van der Waals surface area contributed by atoms with Crippen LogP contribution < -0.4 is 15.7 Å². The summed E-state index contributed by atoms with van der Waals surface area (Å²) < 4.78 is 34.7. The van der Waals surface area contributed by atoms with Gasteiger partial charge < -0.3 is 4.74 Å². The molecule has 8 nitrogen and oxygen atoms in total. The van der Waals surface area contributed by atoms with Crippen LogP contribution in [-0.4, -0.2) is 32.3 Å². The van der Waals surface area contributed by atoms with Crippen LogP contribution in [0.1, 0.15) is 33.7 Å². The summed E-state index contributed by atoms with van der Waals surface area (Å²) in [5.74, 6) is -0.0964. The second-order valence-corrected chi connectivity index (χ2v) is 7.18. The van der Waals surface area contributed by atoms with Crippen LogP contribution in [-0.2, 0) is 0 Å². The molecular weight excluding hydrogens is 420 g/mol. The smallest absolute Gasteiger partial charge is 0.280 e. The average Bonchev–Trinajstić information content (AvgIpc) is 3.19. The maximum absolute atomic E-state index is 13.8. The van der Waals surface area contributed by atoms with Crippen LogP contribution >= 0.6 is 0 Å². The van der Waals surface area contributed by atoms with Crippen LogP contribution in [0.25, 0.3) is 16.9 Å². The molecule has 0 aliphatic rings. The van der Waals surface area contributed by atoms with Gasteiger partial charge in [0, 0.05) is 17.3 Å². The molecule has 0 bridgehead atoms. The van der Waals surface area contributed by atoms with Crippen molar-refractivity contribution in [2.24, 2.45) is 0 Å². The standard InChI is InChI=1S/C22H19F2N5O3/c1-12-8-13(2)28(19(30)9-12)27-22(31)16-11-25-29-18(20(23)24)10-17(26-21(16)29)14-4-6-15(32-3)7-5-14/h4-11,20H,1-3H3,(H,27,31). The normalized spacial score (nSPS) is 11.2. The van der Waals surface area contributed by atoms with Crippen LogP contribution in [0.2, 0.25) is 0 Å². The lowest BCUT2D eigenvalue weighted by atomic mass is 10.1. The first-order valence-corrected chi connectivity index (χ1v) is 9.61. The summed E-state index contributed by atoms with van der Waals surface area (Å²) in [7, 11) is 1.52. The van der Waals surface area contributed by atoms with Crippen molar-refractivity contribution in [2.75, 3.05) is 12.5 Å². The summed E-state index contributed by atoms with van der Waals surface area (Å²) in [4.78, 5) is 29.6. The van der Waals surface area contributed by atoms with Crippen LogP contribution in [0.4, 0.5) is 8.78 Å². The van der Waals surface area contributed by atoms with Crippen molar-refractivity contribution in [1.29, 1.82) is 0 Å². The van der Waals surface area contributed by atoms with E-state index in [1.807, 2.05) is 0 Å². The van der Waals surface area contributed by atoms with E-state index >= 15 is 0 Å². The van der Waals surface area contributed by atoms with Crippen LogP contribution in [0.3, 0.4) is 0 Å². The van der Waals surface area contributed by atoms with Crippen molar-refractivity contribution in [1.82, 2.24) is 19.3 Å². The topological polar surface area (TPSA) is 90.5 Å². The molecule has 0 saturated carbocycles. The Kier molecular flexibility index (Phi) is 5.43. The molecule has 1 N–H and O–H groups in total. The largest absolute Gasteiger partial charge is 0.497 e. The van der Waals surface area contributed by atoms with Crippen molar-refractivity contribution in [3.63, 3.8) is 0 Å². The molecule has 0 saturated heterocycles. The van der Waals surface area contributed by atoms with E-state index in [2.05, 4.69) is 15.5 Å². The number of hydrogen-bond donors (Lipinski definition) is 1. The SMILES string of the molecule is COc1ccc(-c2cc(C(F)F)n3ncc(C(=O)Nn4c(C)cc(C)cc4=O)c3n2)cc1. The third-order valence-electron chi connectivity index (χ3n) is 4.93. The molecule has 0 fully saturated rings. The fourth-order valence-electron chi connectivity index (χ4n) is 3.39. The zero-order valence-corrected chi connectivity index (χ0v) is 17.5. The molecule has 0 aliphatic heterocycles. The number of halogens is 2. The number of rotatable bonds is 5. The number of pyridine rings is 1. The average molecular weight is 439 g/mol. The monoisotopic (exact) mass is 439 g/mol. The first-order chi connectivity index (χ1) is 15.3. The van der Waals surface area contributed by atoms with E-state index in [0.29, 0.717) is 17.0 Å². The van der Waals surface area contributed by atoms with Gasteiger partial charge >= 0.3 is 0 Å². The number of amides is 1. The molecule has 0 spiro atoms. The number of carbonyl (C=O) groups excluding carboxylic acids is 1. The van der Waals surface area contributed by atoms with E-state index in [1.165, 1.54) is 19.2 Å². The molecular formula is C22H19F2N5O3. The van der Waals surface area contributed by atoms with E-state index in [-0.39, 0.29) is 16.9 Å². The lowest BCUT2D eigenvalue weighted by molar-refractivity contribution is 0.101. The van der Waals surface area contributed by atoms with Gasteiger partial charge in [0.2, 0.25) is 0 Å². The Morgan fingerprint density at radius 2 is 1.84 bits per heavy atom. The number of alkyl halides is 2. The lowest BCUT2D eigenvalue weighted by Gasteiger charge is -2.12. The van der Waals surface area contributed by atoms with E-state index in [4.69, 9.17) is 4.74 Å². The second-order valence-electron chi connectivity index (χ2n) is 7.18. The maximum Gasteiger partial charge on any atom is 0.280 e. The van der Waals surface area contributed by atoms with Gasteiger partial charge in [-0.2, -0.15) is 5.10 Å². The summed E-state index contributed by atoms with van der Waals surface area (Å²) in [6.07, 6.45) is -1.70. The van der Waals surface area contributed by atoms with Crippen molar-refractivity contribution < 1.29 is 18.3 Å². The molecule has 0 atom stereocenters. The third-order valence-corrected chi connectivity index (χ3v) is 4.93. The van der Waals surface area contributed by atoms with Gasteiger partial charge in [-0.1, -0.05) is 0 Å². The number of methoxy groups -OCH3 is 1. The summed E-state index contributed by atoms with van der Waals surface area (Å²) >= 11 is 0. The summed E-state index contributed by atoms with van der Waals surface area (Å²) in [5.41, 5.74) is 3.63. The number of nitrogens with one attached hydrogen (secondary N) is 1. The minimum atomic E-state index is -2.85. The number of fused-ring (bicyclic) bond motifs is 1. The first kappa shape index (κ1) is 21.2. The number of hydrogen-bond acceptors (Lipinski definition) is 5. The maximum atomic E-state index is 13.8. The molecule has 164 valence electrons. The van der Waals surface area contributed by atoms with Crippen molar-refractivity contribution >= 4 is 11.6 Å². The number of nitrogens with zero attached hydrogens (tertiary/aromatic N) is 4. The highest BCUT2D eigenvalue weighted by atomic mass is 19.3. The summed E-state index contributed by atoms with van der Waals surface area (Å²) in [6.45, 7) is 3.43. The van der Waals surface area contributed by atoms with Crippen LogP contribution in [0.5, 0.6) is 5.75 Å². The van der Waals surface area contributed by atoms with Crippen LogP contribution in [0, 0.1) is 13.8 Å². The number of aryl methyl sites for hydroxylation is 2. The van der Waals surface area contributed by atoms with Gasteiger partial charge in [-0.05, 0) is 55.8 Å². The lowest BCUT2D eigenvalue weighted by Crippen LogP contribution is -2.34. The molecule has 10 heteroatoms. The predicted molar refractivity (Wildman–Crippen MR) is 114 cm³/mol. The van der Waals surface area contributed by atoms with Gasteiger partial charge in [0.1, 0.15) is 17.0 Å². The third kappa shape index (κ3) is 3.82. The number of aromatic nitrogens is 4. The molecule has 0 radical (unpaired) electrons. The van der Waals surface area contributed by atoms with Gasteiger partial charge in [-0.15, -0.1) is 0 Å². The molecule has 0 aliphatic carbocycles. The van der Waals surface area contributed by atoms with E-state index in [9.17, 15) is 18.4 Å². The highest BCUT2D eigenvalue weighted by Crippen LogP contribution is 2.28. The van der Waals surface area contributed by atoms with E-state index < -0.39 is 23.6 Å². The summed E-state index contributed by atoms with van der Waals surface area (Å²) in [6, 6.07) is 11.0. The highest BCUT2D eigenvalue weighted by molar-refractivity contribution is 6.04. The van der Waals surface area contributed by atoms with E-state index in [1.54, 1.807) is 44.2 Å². The second kappa shape index (κ2) is 8.22. The Morgan fingerprint density at radius 3 is 2.47 bits per heavy atom. The molecule has 4 rings (SSSR count). The number of benzene rings is 1. The molecule has 0 unspecified atom stereocenters. The number of ether oxygens (including phenoxy) is 1. The fraction of sp³-hybridized carbons (Fsp3) is 0.182. The van der Waals surface area contributed by atoms with Gasteiger partial charge in [0.25, 0.3) is 17.9 Å². The first-order valence-electron chi connectivity index (χ1n) is 9.61. The number of carbonyl (C=O) groups is 1. The molecule has 32 heavy (non-hydrogen) atoms. The zero-order chi connectivity index (χ0) is 23.0. The molecule has 1 aromatic carbocycles.